The Kier molecular flexibility index (Phi) is 3.88. The molecule has 2 rings (SSSR count). The van der Waals surface area contributed by atoms with Crippen molar-refractivity contribution in [2.24, 2.45) is 0 Å². The zero-order chi connectivity index (χ0) is 14.8. The lowest BCUT2D eigenvalue weighted by molar-refractivity contribution is 0.0514. The fourth-order valence-electron chi connectivity index (χ4n) is 1.72. The van der Waals surface area contributed by atoms with Gasteiger partial charge in [-0.2, -0.15) is 9.78 Å². The minimum absolute atomic E-state index is 0.483. The monoisotopic (exact) mass is 273 g/mol. The number of rotatable bonds is 2. The zero-order valence-electron chi connectivity index (χ0n) is 12.3. The van der Waals surface area contributed by atoms with E-state index in [2.05, 4.69) is 17.0 Å². The Hall–Kier alpha value is -2.17. The van der Waals surface area contributed by atoms with E-state index in [0.29, 0.717) is 0 Å². The van der Waals surface area contributed by atoms with E-state index < -0.39 is 11.7 Å². The molecule has 0 unspecified atom stereocenters. The number of carbonyl (C=O) groups excluding carboxylic acids is 1. The quantitative estimate of drug-likeness (QED) is 0.842. The summed E-state index contributed by atoms with van der Waals surface area (Å²) in [6.45, 7) is 7.54. The van der Waals surface area contributed by atoms with Gasteiger partial charge in [-0.1, -0.05) is 6.92 Å². The van der Waals surface area contributed by atoms with E-state index in [0.717, 1.165) is 23.1 Å². The van der Waals surface area contributed by atoms with E-state index in [1.165, 1.54) is 4.68 Å². The first-order valence-corrected chi connectivity index (χ1v) is 6.61. The minimum atomic E-state index is -0.535. The van der Waals surface area contributed by atoms with Gasteiger partial charge in [0.15, 0.2) is 0 Å². The van der Waals surface area contributed by atoms with Gasteiger partial charge in [-0.25, -0.2) is 4.79 Å². The molecular formula is C15H19N3O2. The first-order chi connectivity index (χ1) is 9.39. The molecule has 5 heteroatoms. The van der Waals surface area contributed by atoms with E-state index in [1.54, 1.807) is 18.6 Å². The van der Waals surface area contributed by atoms with Crippen molar-refractivity contribution in [2.45, 2.75) is 39.7 Å². The molecule has 0 saturated heterocycles. The third-order valence-corrected chi connectivity index (χ3v) is 2.70. The van der Waals surface area contributed by atoms with Crippen LogP contribution in [0.25, 0.3) is 11.1 Å². The van der Waals surface area contributed by atoms with Crippen LogP contribution in [0.2, 0.25) is 0 Å². The summed E-state index contributed by atoms with van der Waals surface area (Å²) >= 11 is 0. The van der Waals surface area contributed by atoms with Gasteiger partial charge in [0.1, 0.15) is 5.60 Å². The Morgan fingerprint density at radius 2 is 2.00 bits per heavy atom. The van der Waals surface area contributed by atoms with Crippen LogP contribution in [0.3, 0.4) is 0 Å². The highest BCUT2D eigenvalue weighted by Crippen LogP contribution is 2.19. The van der Waals surface area contributed by atoms with Crippen molar-refractivity contribution >= 4 is 6.09 Å². The average molecular weight is 273 g/mol. The number of nitrogens with zero attached hydrogens (tertiary/aromatic N) is 3. The Labute approximate surface area is 118 Å². The number of hydrogen-bond acceptors (Lipinski definition) is 4. The molecule has 0 atom stereocenters. The lowest BCUT2D eigenvalue weighted by atomic mass is 10.1. The molecule has 0 aromatic carbocycles. The van der Waals surface area contributed by atoms with Crippen molar-refractivity contribution in [1.29, 1.82) is 0 Å². The van der Waals surface area contributed by atoms with Crippen LogP contribution < -0.4 is 0 Å². The van der Waals surface area contributed by atoms with Crippen LogP contribution in [0.15, 0.2) is 30.9 Å². The van der Waals surface area contributed by atoms with E-state index in [4.69, 9.17) is 4.74 Å². The maximum absolute atomic E-state index is 11.9. The van der Waals surface area contributed by atoms with Crippen LogP contribution >= 0.6 is 0 Å². The molecule has 2 aromatic rings. The summed E-state index contributed by atoms with van der Waals surface area (Å²) in [5.74, 6) is 0. The Morgan fingerprint density at radius 3 is 2.65 bits per heavy atom. The normalized spacial score (nSPS) is 11.4. The predicted molar refractivity (Wildman–Crippen MR) is 76.5 cm³/mol. The van der Waals surface area contributed by atoms with Gasteiger partial charge in [0.05, 0.1) is 6.20 Å². The maximum Gasteiger partial charge on any atom is 0.435 e. The van der Waals surface area contributed by atoms with Gasteiger partial charge < -0.3 is 4.74 Å². The zero-order valence-corrected chi connectivity index (χ0v) is 12.3. The van der Waals surface area contributed by atoms with E-state index in [-0.39, 0.29) is 0 Å². The maximum atomic E-state index is 11.9. The highest BCUT2D eigenvalue weighted by atomic mass is 16.6. The summed E-state index contributed by atoms with van der Waals surface area (Å²) in [5.41, 5.74) is 2.40. The minimum Gasteiger partial charge on any atom is -0.442 e. The summed E-state index contributed by atoms with van der Waals surface area (Å²) in [4.78, 5) is 16.1. The van der Waals surface area contributed by atoms with E-state index in [1.807, 2.05) is 33.0 Å². The molecule has 5 nitrogen and oxygen atoms in total. The SMILES string of the molecule is CCc1cncc(-c2cnn(C(=O)OC(C)(C)C)c2)c1. The number of aromatic nitrogens is 3. The molecule has 0 bridgehead atoms. The van der Waals surface area contributed by atoms with Crippen LogP contribution in [0.1, 0.15) is 33.3 Å². The third kappa shape index (κ3) is 3.44. The molecule has 0 aliphatic heterocycles. The van der Waals surface area contributed by atoms with Crippen molar-refractivity contribution in [3.63, 3.8) is 0 Å². The second kappa shape index (κ2) is 5.45. The standard InChI is InChI=1S/C15H19N3O2/c1-5-11-6-12(8-16-7-11)13-9-17-18(10-13)14(19)20-15(2,3)4/h6-10H,5H2,1-4H3. The largest absolute Gasteiger partial charge is 0.442 e. The van der Waals surface area contributed by atoms with Gasteiger partial charge in [-0.3, -0.25) is 4.98 Å². The highest BCUT2D eigenvalue weighted by Gasteiger charge is 2.18. The summed E-state index contributed by atoms with van der Waals surface area (Å²) in [7, 11) is 0. The summed E-state index contributed by atoms with van der Waals surface area (Å²) < 4.78 is 6.47. The summed E-state index contributed by atoms with van der Waals surface area (Å²) in [5, 5.41) is 4.05. The highest BCUT2D eigenvalue weighted by molar-refractivity contribution is 5.72. The second-order valence-corrected chi connectivity index (χ2v) is 5.59. The number of carbonyl (C=O) groups is 1. The molecule has 0 spiro atoms. The van der Waals surface area contributed by atoms with Crippen LogP contribution in [-0.2, 0) is 11.2 Å². The van der Waals surface area contributed by atoms with Crippen LogP contribution in [-0.4, -0.2) is 26.5 Å². The summed E-state index contributed by atoms with van der Waals surface area (Å²) in [6.07, 6.45) is 7.33. The van der Waals surface area contributed by atoms with Crippen molar-refractivity contribution in [2.75, 3.05) is 0 Å². The fourth-order valence-corrected chi connectivity index (χ4v) is 1.72. The molecule has 0 amide bonds. The van der Waals surface area contributed by atoms with Crippen LogP contribution in [0, 0.1) is 0 Å². The molecular weight excluding hydrogens is 254 g/mol. The van der Waals surface area contributed by atoms with Gasteiger partial charge >= 0.3 is 6.09 Å². The molecule has 20 heavy (non-hydrogen) atoms. The molecule has 0 fully saturated rings. The molecule has 106 valence electrons. The van der Waals surface area contributed by atoms with E-state index >= 15 is 0 Å². The van der Waals surface area contributed by atoms with Gasteiger partial charge in [0.25, 0.3) is 0 Å². The Balaban J connectivity index is 2.22. The predicted octanol–water partition coefficient (Wildman–Crippen LogP) is 3.29. The van der Waals surface area contributed by atoms with Crippen molar-refractivity contribution in [1.82, 2.24) is 14.8 Å². The molecule has 0 aliphatic carbocycles. The fraction of sp³-hybridized carbons (Fsp3) is 0.400. The van der Waals surface area contributed by atoms with Crippen molar-refractivity contribution in [3.8, 4) is 11.1 Å². The first-order valence-electron chi connectivity index (χ1n) is 6.61. The lowest BCUT2D eigenvalue weighted by Gasteiger charge is -2.18. The Morgan fingerprint density at radius 1 is 1.25 bits per heavy atom. The topological polar surface area (TPSA) is 57.0 Å². The van der Waals surface area contributed by atoms with Gasteiger partial charge in [-0.05, 0) is 38.8 Å². The first kappa shape index (κ1) is 14.2. The van der Waals surface area contributed by atoms with Gasteiger partial charge in [0.2, 0.25) is 0 Å². The smallest absolute Gasteiger partial charge is 0.435 e. The number of ether oxygens (including phenoxy) is 1. The van der Waals surface area contributed by atoms with E-state index in [9.17, 15) is 4.79 Å². The van der Waals surface area contributed by atoms with Crippen LogP contribution in [0.5, 0.6) is 0 Å². The molecule has 0 saturated carbocycles. The van der Waals surface area contributed by atoms with Gasteiger partial charge in [0, 0.05) is 29.7 Å². The Bertz CT molecular complexity index is 612. The molecule has 2 aromatic heterocycles. The van der Waals surface area contributed by atoms with Gasteiger partial charge in [-0.15, -0.1) is 0 Å². The average Bonchev–Trinajstić information content (AvgIpc) is 2.86. The number of pyridine rings is 1. The summed E-state index contributed by atoms with van der Waals surface area (Å²) in [6, 6.07) is 2.05. The number of aryl methyl sites for hydroxylation is 1. The molecule has 0 radical (unpaired) electrons. The molecule has 2 heterocycles. The second-order valence-electron chi connectivity index (χ2n) is 5.59. The third-order valence-electron chi connectivity index (χ3n) is 2.70. The van der Waals surface area contributed by atoms with Crippen LogP contribution in [0.4, 0.5) is 4.79 Å². The lowest BCUT2D eigenvalue weighted by Crippen LogP contribution is -2.27. The number of hydrogen-bond donors (Lipinski definition) is 0. The van der Waals surface area contributed by atoms with Crippen molar-refractivity contribution < 1.29 is 9.53 Å². The molecule has 0 N–H and O–H groups in total. The molecule has 0 aliphatic rings. The van der Waals surface area contributed by atoms with Crippen molar-refractivity contribution in [3.05, 3.63) is 36.4 Å².